The zero-order valence-electron chi connectivity index (χ0n) is 14.3. The lowest BCUT2D eigenvalue weighted by Crippen LogP contribution is -2.17. The zero-order valence-corrected chi connectivity index (χ0v) is 14.3. The molecular formula is C21H33N. The van der Waals surface area contributed by atoms with Crippen molar-refractivity contribution in [3.8, 4) is 0 Å². The smallest absolute Gasteiger partial charge is 0.0314 e. The Balaban J connectivity index is 1.39. The van der Waals surface area contributed by atoms with Gasteiger partial charge in [0.05, 0.1) is 0 Å². The van der Waals surface area contributed by atoms with Gasteiger partial charge < -0.3 is 5.73 Å². The molecule has 0 saturated heterocycles. The second-order valence-electron chi connectivity index (χ2n) is 8.09. The van der Waals surface area contributed by atoms with Crippen LogP contribution in [0.4, 0.5) is 5.69 Å². The average molecular weight is 300 g/mol. The highest BCUT2D eigenvalue weighted by atomic mass is 14.5. The Kier molecular flexibility index (Phi) is 5.44. The van der Waals surface area contributed by atoms with Gasteiger partial charge in [0.25, 0.3) is 0 Å². The lowest BCUT2D eigenvalue weighted by Gasteiger charge is -2.31. The molecule has 2 fully saturated rings. The minimum Gasteiger partial charge on any atom is -0.399 e. The van der Waals surface area contributed by atoms with E-state index < -0.39 is 0 Å². The fourth-order valence-corrected chi connectivity index (χ4v) is 4.64. The van der Waals surface area contributed by atoms with Crippen molar-refractivity contribution in [1.29, 1.82) is 0 Å². The molecule has 1 heteroatoms. The molecule has 2 aliphatic rings. The molecule has 1 aromatic carbocycles. The van der Waals surface area contributed by atoms with Crippen LogP contribution in [0.2, 0.25) is 0 Å². The van der Waals surface area contributed by atoms with Gasteiger partial charge in [0, 0.05) is 5.69 Å². The highest BCUT2D eigenvalue weighted by molar-refractivity contribution is 5.40. The Hall–Kier alpha value is -0.980. The predicted molar refractivity (Wildman–Crippen MR) is 95.9 cm³/mol. The van der Waals surface area contributed by atoms with E-state index in [9.17, 15) is 0 Å². The maximum absolute atomic E-state index is 5.80. The fourth-order valence-electron chi connectivity index (χ4n) is 4.64. The molecule has 0 bridgehead atoms. The Bertz CT molecular complexity index is 433. The Labute approximate surface area is 136 Å². The summed E-state index contributed by atoms with van der Waals surface area (Å²) in [6.07, 6.45) is 14.6. The van der Waals surface area contributed by atoms with Crippen LogP contribution < -0.4 is 5.73 Å². The molecule has 0 aliphatic heterocycles. The van der Waals surface area contributed by atoms with E-state index in [0.29, 0.717) is 0 Å². The number of anilines is 1. The summed E-state index contributed by atoms with van der Waals surface area (Å²) in [4.78, 5) is 0. The van der Waals surface area contributed by atoms with Crippen LogP contribution in [-0.2, 0) is 0 Å². The molecule has 0 radical (unpaired) electrons. The first-order valence-corrected chi connectivity index (χ1v) is 9.56. The van der Waals surface area contributed by atoms with Gasteiger partial charge in [-0.05, 0) is 67.1 Å². The van der Waals surface area contributed by atoms with E-state index in [1.54, 1.807) is 0 Å². The summed E-state index contributed by atoms with van der Waals surface area (Å²) in [6, 6.07) is 8.60. The highest BCUT2D eigenvalue weighted by Crippen LogP contribution is 2.39. The van der Waals surface area contributed by atoms with Crippen LogP contribution in [0, 0.1) is 17.8 Å². The highest BCUT2D eigenvalue weighted by Gasteiger charge is 2.24. The topological polar surface area (TPSA) is 26.0 Å². The molecule has 0 aromatic heterocycles. The van der Waals surface area contributed by atoms with Crippen molar-refractivity contribution in [2.75, 3.05) is 5.73 Å². The molecule has 2 N–H and O–H groups in total. The largest absolute Gasteiger partial charge is 0.399 e. The predicted octanol–water partition coefficient (Wildman–Crippen LogP) is 6.15. The SMILES string of the molecule is CC1CCC(CCC2CCC(c3ccc(N)cc3)CC2)CC1. The molecule has 2 saturated carbocycles. The zero-order chi connectivity index (χ0) is 15.4. The Morgan fingerprint density at radius 3 is 1.82 bits per heavy atom. The summed E-state index contributed by atoms with van der Waals surface area (Å²) < 4.78 is 0. The number of hydrogen-bond donors (Lipinski definition) is 1. The monoisotopic (exact) mass is 299 g/mol. The van der Waals surface area contributed by atoms with Gasteiger partial charge in [-0.3, -0.25) is 0 Å². The number of benzene rings is 1. The Morgan fingerprint density at radius 2 is 1.27 bits per heavy atom. The molecule has 122 valence electrons. The molecule has 0 spiro atoms. The maximum Gasteiger partial charge on any atom is 0.0314 e. The van der Waals surface area contributed by atoms with E-state index in [0.717, 1.165) is 29.4 Å². The lowest BCUT2D eigenvalue weighted by atomic mass is 9.74. The van der Waals surface area contributed by atoms with Crippen molar-refractivity contribution in [2.45, 2.75) is 77.0 Å². The number of rotatable bonds is 4. The van der Waals surface area contributed by atoms with Crippen molar-refractivity contribution < 1.29 is 0 Å². The normalized spacial score (nSPS) is 32.8. The summed E-state index contributed by atoms with van der Waals surface area (Å²) in [5.41, 5.74) is 8.19. The van der Waals surface area contributed by atoms with Crippen LogP contribution in [0.25, 0.3) is 0 Å². The van der Waals surface area contributed by atoms with Gasteiger partial charge in [-0.2, -0.15) is 0 Å². The fraction of sp³-hybridized carbons (Fsp3) is 0.714. The number of nitrogen functional groups attached to an aromatic ring is 1. The molecule has 3 rings (SSSR count). The maximum atomic E-state index is 5.80. The van der Waals surface area contributed by atoms with E-state index in [2.05, 4.69) is 31.2 Å². The third kappa shape index (κ3) is 4.27. The second-order valence-corrected chi connectivity index (χ2v) is 8.09. The van der Waals surface area contributed by atoms with Crippen molar-refractivity contribution in [1.82, 2.24) is 0 Å². The van der Waals surface area contributed by atoms with Gasteiger partial charge in [-0.25, -0.2) is 0 Å². The van der Waals surface area contributed by atoms with Crippen LogP contribution in [0.15, 0.2) is 24.3 Å². The first-order valence-electron chi connectivity index (χ1n) is 9.56. The molecular weight excluding hydrogens is 266 g/mol. The van der Waals surface area contributed by atoms with E-state index >= 15 is 0 Å². The van der Waals surface area contributed by atoms with E-state index in [1.807, 2.05) is 0 Å². The van der Waals surface area contributed by atoms with Crippen LogP contribution in [0.1, 0.15) is 82.6 Å². The van der Waals surface area contributed by atoms with Crippen LogP contribution in [0.3, 0.4) is 0 Å². The van der Waals surface area contributed by atoms with Gasteiger partial charge in [0.2, 0.25) is 0 Å². The van der Waals surface area contributed by atoms with E-state index in [-0.39, 0.29) is 0 Å². The van der Waals surface area contributed by atoms with Crippen LogP contribution >= 0.6 is 0 Å². The van der Waals surface area contributed by atoms with Crippen molar-refractivity contribution in [3.05, 3.63) is 29.8 Å². The summed E-state index contributed by atoms with van der Waals surface area (Å²) in [5.74, 6) is 3.83. The van der Waals surface area contributed by atoms with Crippen LogP contribution in [0.5, 0.6) is 0 Å². The summed E-state index contributed by atoms with van der Waals surface area (Å²) >= 11 is 0. The Morgan fingerprint density at radius 1 is 0.773 bits per heavy atom. The van der Waals surface area contributed by atoms with E-state index in [1.165, 1.54) is 69.8 Å². The third-order valence-corrected chi connectivity index (χ3v) is 6.37. The second kappa shape index (κ2) is 7.53. The lowest BCUT2D eigenvalue weighted by molar-refractivity contribution is 0.237. The molecule has 0 atom stereocenters. The molecule has 0 amide bonds. The van der Waals surface area contributed by atoms with Gasteiger partial charge in [0.1, 0.15) is 0 Å². The standard InChI is InChI=1S/C21H33N/c1-16-2-4-17(5-3-16)6-7-18-8-10-19(11-9-18)20-12-14-21(22)15-13-20/h12-19H,2-11,22H2,1H3. The quantitative estimate of drug-likeness (QED) is 0.663. The number of hydrogen-bond acceptors (Lipinski definition) is 1. The third-order valence-electron chi connectivity index (χ3n) is 6.37. The minimum absolute atomic E-state index is 0.785. The minimum atomic E-state index is 0.785. The van der Waals surface area contributed by atoms with Crippen molar-refractivity contribution in [3.63, 3.8) is 0 Å². The van der Waals surface area contributed by atoms with Gasteiger partial charge in [0.15, 0.2) is 0 Å². The molecule has 2 aliphatic carbocycles. The van der Waals surface area contributed by atoms with Crippen LogP contribution in [-0.4, -0.2) is 0 Å². The van der Waals surface area contributed by atoms with Gasteiger partial charge >= 0.3 is 0 Å². The summed E-state index contributed by atoms with van der Waals surface area (Å²) in [7, 11) is 0. The van der Waals surface area contributed by atoms with Gasteiger partial charge in [-0.1, -0.05) is 57.6 Å². The summed E-state index contributed by atoms with van der Waals surface area (Å²) in [6.45, 7) is 2.43. The average Bonchev–Trinajstić information content (AvgIpc) is 2.56. The summed E-state index contributed by atoms with van der Waals surface area (Å²) in [5, 5.41) is 0. The van der Waals surface area contributed by atoms with Crippen molar-refractivity contribution >= 4 is 5.69 Å². The molecule has 1 nitrogen and oxygen atoms in total. The van der Waals surface area contributed by atoms with Crippen molar-refractivity contribution in [2.24, 2.45) is 17.8 Å². The number of nitrogens with two attached hydrogens (primary N) is 1. The first-order chi connectivity index (χ1) is 10.7. The molecule has 0 heterocycles. The molecule has 0 unspecified atom stereocenters. The molecule has 22 heavy (non-hydrogen) atoms. The van der Waals surface area contributed by atoms with Gasteiger partial charge in [-0.15, -0.1) is 0 Å². The first kappa shape index (κ1) is 15.9. The van der Waals surface area contributed by atoms with E-state index in [4.69, 9.17) is 5.73 Å². The molecule has 1 aromatic rings.